The number of aryl methyl sites for hydroxylation is 2. The van der Waals surface area contributed by atoms with Crippen molar-refractivity contribution in [2.24, 2.45) is 5.73 Å². The molecule has 0 bridgehead atoms. The third-order valence-electron chi connectivity index (χ3n) is 4.02. The molecule has 1 saturated heterocycles. The first-order chi connectivity index (χ1) is 8.67. The summed E-state index contributed by atoms with van der Waals surface area (Å²) >= 11 is 0. The van der Waals surface area contributed by atoms with Crippen LogP contribution in [0.4, 0.5) is 0 Å². The Morgan fingerprint density at radius 3 is 2.50 bits per heavy atom. The van der Waals surface area contributed by atoms with Crippen molar-refractivity contribution < 1.29 is 9.47 Å². The molecule has 1 heterocycles. The fraction of sp³-hybridized carbons (Fsp3) is 0.600. The molecule has 1 aliphatic carbocycles. The van der Waals surface area contributed by atoms with E-state index in [1.54, 1.807) is 0 Å². The Labute approximate surface area is 108 Å². The highest BCUT2D eigenvalue weighted by molar-refractivity contribution is 5.35. The van der Waals surface area contributed by atoms with Crippen molar-refractivity contribution in [2.75, 3.05) is 13.2 Å². The maximum absolute atomic E-state index is 5.81. The number of hydrogen-bond donors (Lipinski definition) is 1. The molecule has 3 heteroatoms. The van der Waals surface area contributed by atoms with Crippen LogP contribution in [0.1, 0.15) is 36.5 Å². The molecule has 2 aliphatic rings. The summed E-state index contributed by atoms with van der Waals surface area (Å²) in [5.41, 5.74) is 9.86. The predicted molar refractivity (Wildman–Crippen MR) is 70.3 cm³/mol. The van der Waals surface area contributed by atoms with Gasteiger partial charge < -0.3 is 15.2 Å². The second kappa shape index (κ2) is 4.65. The number of rotatable bonds is 1. The summed E-state index contributed by atoms with van der Waals surface area (Å²) < 4.78 is 11.6. The highest BCUT2D eigenvalue weighted by Crippen LogP contribution is 2.32. The van der Waals surface area contributed by atoms with Gasteiger partial charge in [-0.2, -0.15) is 0 Å². The predicted octanol–water partition coefficient (Wildman–Crippen LogP) is 2.11. The van der Waals surface area contributed by atoms with Gasteiger partial charge in [0.25, 0.3) is 0 Å². The first-order valence-corrected chi connectivity index (χ1v) is 6.83. The number of benzene rings is 1. The number of fused-ring (bicyclic) bond motifs is 1. The SMILES string of the molecule is CC1(c2ccc3c(c2)CCCC3)OCC(N)CO1. The molecule has 0 spiro atoms. The van der Waals surface area contributed by atoms with Gasteiger partial charge in [-0.3, -0.25) is 0 Å². The van der Waals surface area contributed by atoms with E-state index in [0.717, 1.165) is 5.56 Å². The standard InChI is InChI=1S/C15H21NO2/c1-15(17-9-14(16)10-18-15)13-7-6-11-4-2-3-5-12(11)8-13/h6-8,14H,2-5,9-10,16H2,1H3. The zero-order valence-electron chi connectivity index (χ0n) is 10.9. The second-order valence-corrected chi connectivity index (χ2v) is 5.52. The minimum Gasteiger partial charge on any atom is -0.344 e. The van der Waals surface area contributed by atoms with Gasteiger partial charge in [-0.1, -0.05) is 18.2 Å². The van der Waals surface area contributed by atoms with Crippen LogP contribution >= 0.6 is 0 Å². The number of hydrogen-bond acceptors (Lipinski definition) is 3. The average Bonchev–Trinajstić information content (AvgIpc) is 2.42. The molecule has 0 atom stereocenters. The second-order valence-electron chi connectivity index (χ2n) is 5.52. The molecule has 1 aromatic carbocycles. The molecule has 0 radical (unpaired) electrons. The zero-order chi connectivity index (χ0) is 12.6. The van der Waals surface area contributed by atoms with Crippen LogP contribution in [-0.2, 0) is 28.1 Å². The van der Waals surface area contributed by atoms with Gasteiger partial charge in [0, 0.05) is 5.56 Å². The first-order valence-electron chi connectivity index (χ1n) is 6.83. The van der Waals surface area contributed by atoms with Crippen LogP contribution < -0.4 is 5.73 Å². The normalized spacial score (nSPS) is 32.0. The van der Waals surface area contributed by atoms with Gasteiger partial charge >= 0.3 is 0 Å². The molecular weight excluding hydrogens is 226 g/mol. The van der Waals surface area contributed by atoms with Crippen molar-refractivity contribution in [3.05, 3.63) is 34.9 Å². The Morgan fingerprint density at radius 1 is 1.11 bits per heavy atom. The van der Waals surface area contributed by atoms with Gasteiger partial charge in [0.05, 0.1) is 19.3 Å². The van der Waals surface area contributed by atoms with Gasteiger partial charge in [0.15, 0.2) is 5.79 Å². The van der Waals surface area contributed by atoms with Gasteiger partial charge in [-0.15, -0.1) is 0 Å². The maximum Gasteiger partial charge on any atom is 0.192 e. The van der Waals surface area contributed by atoms with Crippen molar-refractivity contribution >= 4 is 0 Å². The number of ether oxygens (including phenoxy) is 2. The van der Waals surface area contributed by atoms with Crippen molar-refractivity contribution in [1.29, 1.82) is 0 Å². The lowest BCUT2D eigenvalue weighted by Crippen LogP contribution is -2.46. The van der Waals surface area contributed by atoms with E-state index in [4.69, 9.17) is 15.2 Å². The fourth-order valence-corrected chi connectivity index (χ4v) is 2.80. The smallest absolute Gasteiger partial charge is 0.192 e. The van der Waals surface area contributed by atoms with Crippen molar-refractivity contribution in [1.82, 2.24) is 0 Å². The Bertz CT molecular complexity index is 436. The summed E-state index contributed by atoms with van der Waals surface area (Å²) in [5, 5.41) is 0. The van der Waals surface area contributed by atoms with E-state index in [1.165, 1.54) is 36.8 Å². The summed E-state index contributed by atoms with van der Waals surface area (Å²) in [6.07, 6.45) is 4.99. The Balaban J connectivity index is 1.87. The Kier molecular flexibility index (Phi) is 3.14. The third kappa shape index (κ3) is 2.18. The molecule has 0 unspecified atom stereocenters. The molecule has 1 aromatic rings. The maximum atomic E-state index is 5.81. The van der Waals surface area contributed by atoms with E-state index in [9.17, 15) is 0 Å². The fourth-order valence-electron chi connectivity index (χ4n) is 2.80. The van der Waals surface area contributed by atoms with E-state index >= 15 is 0 Å². The Morgan fingerprint density at radius 2 is 1.78 bits per heavy atom. The third-order valence-corrected chi connectivity index (χ3v) is 4.02. The zero-order valence-corrected chi connectivity index (χ0v) is 10.9. The molecular formula is C15H21NO2. The van der Waals surface area contributed by atoms with E-state index < -0.39 is 5.79 Å². The van der Waals surface area contributed by atoms with Crippen LogP contribution in [0.15, 0.2) is 18.2 Å². The average molecular weight is 247 g/mol. The first kappa shape index (κ1) is 12.2. The largest absolute Gasteiger partial charge is 0.344 e. The van der Waals surface area contributed by atoms with Crippen molar-refractivity contribution in [3.8, 4) is 0 Å². The van der Waals surface area contributed by atoms with Gasteiger partial charge in [-0.05, 0) is 43.7 Å². The minimum absolute atomic E-state index is 0.00398. The molecule has 18 heavy (non-hydrogen) atoms. The minimum atomic E-state index is -0.623. The van der Waals surface area contributed by atoms with E-state index in [-0.39, 0.29) is 6.04 Å². The van der Waals surface area contributed by atoms with E-state index in [0.29, 0.717) is 13.2 Å². The quantitative estimate of drug-likeness (QED) is 0.826. The lowest BCUT2D eigenvalue weighted by Gasteiger charge is -2.37. The highest BCUT2D eigenvalue weighted by Gasteiger charge is 2.34. The molecule has 0 saturated carbocycles. The lowest BCUT2D eigenvalue weighted by molar-refractivity contribution is -0.270. The van der Waals surface area contributed by atoms with Gasteiger partial charge in [0.2, 0.25) is 0 Å². The molecule has 1 aliphatic heterocycles. The highest BCUT2D eigenvalue weighted by atomic mass is 16.7. The number of nitrogens with two attached hydrogens (primary N) is 1. The molecule has 1 fully saturated rings. The van der Waals surface area contributed by atoms with Crippen LogP contribution in [0.25, 0.3) is 0 Å². The molecule has 0 aromatic heterocycles. The lowest BCUT2D eigenvalue weighted by atomic mass is 9.89. The summed E-state index contributed by atoms with van der Waals surface area (Å²) in [5.74, 6) is -0.623. The van der Waals surface area contributed by atoms with Crippen molar-refractivity contribution in [2.45, 2.75) is 44.4 Å². The van der Waals surface area contributed by atoms with Crippen LogP contribution in [0.2, 0.25) is 0 Å². The molecule has 3 rings (SSSR count). The van der Waals surface area contributed by atoms with Gasteiger partial charge in [0.1, 0.15) is 0 Å². The molecule has 98 valence electrons. The van der Waals surface area contributed by atoms with E-state index in [1.807, 2.05) is 6.92 Å². The van der Waals surface area contributed by atoms with Crippen LogP contribution in [0.3, 0.4) is 0 Å². The van der Waals surface area contributed by atoms with Crippen LogP contribution in [0, 0.1) is 0 Å². The molecule has 0 amide bonds. The van der Waals surface area contributed by atoms with Gasteiger partial charge in [-0.25, -0.2) is 0 Å². The van der Waals surface area contributed by atoms with Crippen LogP contribution in [0.5, 0.6) is 0 Å². The topological polar surface area (TPSA) is 44.5 Å². The van der Waals surface area contributed by atoms with E-state index in [2.05, 4.69) is 18.2 Å². The summed E-state index contributed by atoms with van der Waals surface area (Å²) in [6, 6.07) is 6.62. The monoisotopic (exact) mass is 247 g/mol. The van der Waals surface area contributed by atoms with Crippen molar-refractivity contribution in [3.63, 3.8) is 0 Å². The molecule has 2 N–H and O–H groups in total. The molecule has 3 nitrogen and oxygen atoms in total. The summed E-state index contributed by atoms with van der Waals surface area (Å²) in [4.78, 5) is 0. The summed E-state index contributed by atoms with van der Waals surface area (Å²) in [7, 11) is 0. The van der Waals surface area contributed by atoms with Crippen LogP contribution in [-0.4, -0.2) is 19.3 Å². The summed E-state index contributed by atoms with van der Waals surface area (Å²) in [6.45, 7) is 3.12. The Hall–Kier alpha value is -0.900.